The minimum atomic E-state index is -0.685. The van der Waals surface area contributed by atoms with Gasteiger partial charge in [0.05, 0.1) is 0 Å². The number of benzene rings is 3. The van der Waals surface area contributed by atoms with Crippen LogP contribution < -0.4 is 10.1 Å². The zero-order valence-electron chi connectivity index (χ0n) is 19.7. The van der Waals surface area contributed by atoms with Crippen molar-refractivity contribution in [2.75, 3.05) is 13.2 Å². The largest absolute Gasteiger partial charge is 0.483 e. The maximum Gasteiger partial charge on any atom is 0.261 e. The van der Waals surface area contributed by atoms with Gasteiger partial charge in [-0.15, -0.1) is 0 Å². The van der Waals surface area contributed by atoms with E-state index in [9.17, 15) is 9.59 Å². The predicted molar refractivity (Wildman–Crippen MR) is 138 cm³/mol. The minimum absolute atomic E-state index is 0.101. The van der Waals surface area contributed by atoms with Gasteiger partial charge in [0.2, 0.25) is 5.91 Å². The summed E-state index contributed by atoms with van der Waals surface area (Å²) in [5.41, 5.74) is 0.597. The first-order valence-corrected chi connectivity index (χ1v) is 12.2. The molecule has 0 saturated heterocycles. The van der Waals surface area contributed by atoms with Crippen molar-refractivity contribution in [3.05, 3.63) is 76.3 Å². The molecule has 0 saturated carbocycles. The molecular weight excluding hydrogens is 471 g/mol. The first-order chi connectivity index (χ1) is 16.3. The van der Waals surface area contributed by atoms with Gasteiger partial charge in [-0.1, -0.05) is 86.4 Å². The first kappa shape index (κ1) is 25.9. The van der Waals surface area contributed by atoms with E-state index in [0.29, 0.717) is 40.2 Å². The summed E-state index contributed by atoms with van der Waals surface area (Å²) in [6.07, 6.45) is 0.437. The third kappa shape index (κ3) is 6.43. The molecule has 0 aliphatic carbocycles. The van der Waals surface area contributed by atoms with Crippen molar-refractivity contribution in [2.24, 2.45) is 5.92 Å². The summed E-state index contributed by atoms with van der Waals surface area (Å²) >= 11 is 12.8. The fraction of sp³-hybridized carbons (Fsp3) is 0.333. The Morgan fingerprint density at radius 3 is 2.29 bits per heavy atom. The number of fused-ring (bicyclic) bond motifs is 1. The van der Waals surface area contributed by atoms with E-state index in [0.717, 1.165) is 10.8 Å². The Balaban J connectivity index is 1.86. The molecule has 0 aromatic heterocycles. The van der Waals surface area contributed by atoms with Crippen molar-refractivity contribution in [3.8, 4) is 5.75 Å². The SMILES string of the molecule is CC[C@@H](C(=O)NCC(C)C)N(Cc1c(Cl)cccc1Cl)C(=O)COc1cccc2ccccc12. The van der Waals surface area contributed by atoms with Crippen molar-refractivity contribution in [3.63, 3.8) is 0 Å². The fourth-order valence-corrected chi connectivity index (χ4v) is 4.26. The maximum atomic E-state index is 13.5. The predicted octanol–water partition coefficient (Wildman–Crippen LogP) is 6.11. The second-order valence-electron chi connectivity index (χ2n) is 8.55. The molecule has 0 radical (unpaired) electrons. The number of amides is 2. The van der Waals surface area contributed by atoms with Crippen LogP contribution in [0.15, 0.2) is 60.7 Å². The lowest BCUT2D eigenvalue weighted by atomic mass is 10.1. The van der Waals surface area contributed by atoms with E-state index in [1.54, 1.807) is 18.2 Å². The van der Waals surface area contributed by atoms with Gasteiger partial charge in [-0.25, -0.2) is 0 Å². The molecule has 0 aliphatic rings. The van der Waals surface area contributed by atoms with Crippen LogP contribution in [-0.2, 0) is 16.1 Å². The highest BCUT2D eigenvalue weighted by Crippen LogP contribution is 2.28. The van der Waals surface area contributed by atoms with Crippen molar-refractivity contribution in [1.82, 2.24) is 10.2 Å². The van der Waals surface area contributed by atoms with Crippen LogP contribution in [0.1, 0.15) is 32.8 Å². The summed E-state index contributed by atoms with van der Waals surface area (Å²) in [7, 11) is 0. The molecule has 180 valence electrons. The molecule has 3 rings (SSSR count). The third-order valence-corrected chi connectivity index (χ3v) is 6.27. The summed E-state index contributed by atoms with van der Waals surface area (Å²) < 4.78 is 5.94. The molecule has 0 bridgehead atoms. The average molecular weight is 501 g/mol. The second kappa shape index (κ2) is 12.1. The molecule has 2 amide bonds. The number of ether oxygens (including phenoxy) is 1. The number of hydrogen-bond donors (Lipinski definition) is 1. The van der Waals surface area contributed by atoms with Crippen LogP contribution in [0, 0.1) is 5.92 Å². The molecule has 0 unspecified atom stereocenters. The lowest BCUT2D eigenvalue weighted by molar-refractivity contribution is -0.143. The standard InChI is InChI=1S/C27H30Cl2N2O3/c1-4-24(27(33)30-15-18(2)3)31(16-21-22(28)12-8-13-23(21)29)26(32)17-34-25-14-7-10-19-9-5-6-11-20(19)25/h5-14,18,24H,4,15-17H2,1-3H3,(H,30,33)/t24-/m0/s1. The van der Waals surface area contributed by atoms with Gasteiger partial charge in [-0.3, -0.25) is 9.59 Å². The molecule has 0 heterocycles. The van der Waals surface area contributed by atoms with Crippen molar-refractivity contribution < 1.29 is 14.3 Å². The average Bonchev–Trinajstić information content (AvgIpc) is 2.82. The van der Waals surface area contributed by atoms with Crippen LogP contribution in [0.25, 0.3) is 10.8 Å². The lowest BCUT2D eigenvalue weighted by Crippen LogP contribution is -2.50. The van der Waals surface area contributed by atoms with Gasteiger partial charge in [0, 0.05) is 34.1 Å². The molecule has 3 aromatic carbocycles. The summed E-state index contributed by atoms with van der Waals surface area (Å²) in [4.78, 5) is 28.0. The van der Waals surface area contributed by atoms with E-state index in [1.165, 1.54) is 4.90 Å². The molecule has 1 atom stereocenters. The zero-order valence-corrected chi connectivity index (χ0v) is 21.2. The highest BCUT2D eigenvalue weighted by atomic mass is 35.5. The maximum absolute atomic E-state index is 13.5. The number of rotatable bonds is 10. The number of hydrogen-bond acceptors (Lipinski definition) is 3. The van der Waals surface area contributed by atoms with Crippen molar-refractivity contribution in [2.45, 2.75) is 39.8 Å². The Kier molecular flexibility index (Phi) is 9.20. The van der Waals surface area contributed by atoms with Gasteiger partial charge in [-0.2, -0.15) is 0 Å². The number of carbonyl (C=O) groups excluding carboxylic acids is 2. The van der Waals surface area contributed by atoms with Gasteiger partial charge < -0.3 is 15.0 Å². The van der Waals surface area contributed by atoms with Gasteiger partial charge in [0.15, 0.2) is 6.61 Å². The van der Waals surface area contributed by atoms with Gasteiger partial charge in [-0.05, 0) is 35.9 Å². The molecule has 3 aromatic rings. The van der Waals surface area contributed by atoms with Crippen LogP contribution in [0.5, 0.6) is 5.75 Å². The summed E-state index contributed by atoms with van der Waals surface area (Å²) in [5, 5.41) is 5.76. The van der Waals surface area contributed by atoms with Crippen LogP contribution >= 0.6 is 23.2 Å². The summed E-state index contributed by atoms with van der Waals surface area (Å²) in [5.74, 6) is 0.367. The first-order valence-electron chi connectivity index (χ1n) is 11.4. The van der Waals surface area contributed by atoms with Gasteiger partial charge >= 0.3 is 0 Å². The van der Waals surface area contributed by atoms with E-state index in [-0.39, 0.29) is 25.0 Å². The van der Waals surface area contributed by atoms with Crippen molar-refractivity contribution >= 4 is 45.8 Å². The molecule has 0 aliphatic heterocycles. The Morgan fingerprint density at radius 2 is 1.62 bits per heavy atom. The van der Waals surface area contributed by atoms with E-state index < -0.39 is 6.04 Å². The van der Waals surface area contributed by atoms with Gasteiger partial charge in [0.25, 0.3) is 5.91 Å². The molecule has 0 spiro atoms. The van der Waals surface area contributed by atoms with E-state index in [4.69, 9.17) is 27.9 Å². The fourth-order valence-electron chi connectivity index (χ4n) is 3.74. The lowest BCUT2D eigenvalue weighted by Gasteiger charge is -2.31. The Hall–Kier alpha value is -2.76. The van der Waals surface area contributed by atoms with E-state index in [1.807, 2.05) is 63.2 Å². The summed E-state index contributed by atoms with van der Waals surface area (Å²) in [6, 6.07) is 18.0. The third-order valence-electron chi connectivity index (χ3n) is 5.56. The van der Waals surface area contributed by atoms with Crippen molar-refractivity contribution in [1.29, 1.82) is 0 Å². The Morgan fingerprint density at radius 1 is 0.971 bits per heavy atom. The van der Waals surface area contributed by atoms with E-state index >= 15 is 0 Å². The highest BCUT2D eigenvalue weighted by Gasteiger charge is 2.30. The Bertz CT molecular complexity index is 1120. The van der Waals surface area contributed by atoms with Gasteiger partial charge in [0.1, 0.15) is 11.8 Å². The van der Waals surface area contributed by atoms with Crippen LogP contribution in [0.2, 0.25) is 10.0 Å². The molecule has 0 fully saturated rings. The number of halogens is 2. The number of nitrogens with zero attached hydrogens (tertiary/aromatic N) is 1. The molecule has 7 heteroatoms. The molecule has 1 N–H and O–H groups in total. The monoisotopic (exact) mass is 500 g/mol. The van der Waals surface area contributed by atoms with Crippen LogP contribution in [-0.4, -0.2) is 35.9 Å². The number of nitrogens with one attached hydrogen (secondary N) is 1. The Labute approximate surface area is 211 Å². The molecule has 34 heavy (non-hydrogen) atoms. The quantitative estimate of drug-likeness (QED) is 0.365. The number of carbonyl (C=O) groups is 2. The van der Waals surface area contributed by atoms with Crippen LogP contribution in [0.3, 0.4) is 0 Å². The zero-order chi connectivity index (χ0) is 24.7. The molecular formula is C27H30Cl2N2O3. The van der Waals surface area contributed by atoms with Crippen LogP contribution in [0.4, 0.5) is 0 Å². The van der Waals surface area contributed by atoms with E-state index in [2.05, 4.69) is 5.32 Å². The minimum Gasteiger partial charge on any atom is -0.483 e. The topological polar surface area (TPSA) is 58.6 Å². The summed E-state index contributed by atoms with van der Waals surface area (Å²) in [6.45, 7) is 6.32. The smallest absolute Gasteiger partial charge is 0.261 e. The molecule has 5 nitrogen and oxygen atoms in total. The highest BCUT2D eigenvalue weighted by molar-refractivity contribution is 6.36. The normalized spacial score (nSPS) is 11.9. The second-order valence-corrected chi connectivity index (χ2v) is 9.37.